The van der Waals surface area contributed by atoms with Gasteiger partial charge in [0.25, 0.3) is 0 Å². The predicted octanol–water partition coefficient (Wildman–Crippen LogP) is 2.51. The Bertz CT molecular complexity index is 753. The zero-order valence-electron chi connectivity index (χ0n) is 11.9. The van der Waals surface area contributed by atoms with Crippen LogP contribution in [-0.2, 0) is 16.0 Å². The van der Waals surface area contributed by atoms with E-state index < -0.39 is 0 Å². The molecule has 106 valence electrons. The normalized spacial score (nSPS) is 12.8. The average Bonchev–Trinajstić information content (AvgIpc) is 2.79. The molecule has 0 radical (unpaired) electrons. The molecule has 0 bridgehead atoms. The molecule has 2 heterocycles. The summed E-state index contributed by atoms with van der Waals surface area (Å²) in [6.45, 7) is 3.36. The molecule has 0 aliphatic carbocycles. The molecule has 0 spiro atoms. The van der Waals surface area contributed by atoms with E-state index in [0.717, 1.165) is 27.9 Å². The fraction of sp³-hybridized carbons (Fsp3) is 0.188. The van der Waals surface area contributed by atoms with Crippen molar-refractivity contribution >= 4 is 23.3 Å². The number of amides is 2. The highest BCUT2D eigenvalue weighted by atomic mass is 16.2. The number of hydrogen-bond acceptors (Lipinski definition) is 3. The number of carbonyl (C=O) groups excluding carboxylic acids is 2. The molecule has 0 saturated heterocycles. The maximum atomic E-state index is 11.4. The van der Waals surface area contributed by atoms with Gasteiger partial charge in [0.2, 0.25) is 11.8 Å². The second-order valence-corrected chi connectivity index (χ2v) is 5.17. The molecule has 1 aliphatic heterocycles. The SMILES string of the molecule is CC(=O)Nc1ncc(-c2ccc3c(c2)CC(=O)N3)cc1C. The maximum Gasteiger partial charge on any atom is 0.228 e. The largest absolute Gasteiger partial charge is 0.326 e. The fourth-order valence-corrected chi connectivity index (χ4v) is 2.44. The lowest BCUT2D eigenvalue weighted by molar-refractivity contribution is -0.115. The van der Waals surface area contributed by atoms with E-state index in [9.17, 15) is 9.59 Å². The quantitative estimate of drug-likeness (QED) is 0.888. The first-order valence-corrected chi connectivity index (χ1v) is 6.70. The number of nitrogens with one attached hydrogen (secondary N) is 2. The summed E-state index contributed by atoms with van der Waals surface area (Å²) < 4.78 is 0. The molecule has 1 aliphatic rings. The number of carbonyl (C=O) groups is 2. The van der Waals surface area contributed by atoms with Gasteiger partial charge in [0, 0.05) is 24.4 Å². The lowest BCUT2D eigenvalue weighted by Crippen LogP contribution is -2.08. The Morgan fingerprint density at radius 2 is 2.10 bits per heavy atom. The first-order valence-electron chi connectivity index (χ1n) is 6.70. The highest BCUT2D eigenvalue weighted by Crippen LogP contribution is 2.29. The predicted molar refractivity (Wildman–Crippen MR) is 81.0 cm³/mol. The zero-order valence-corrected chi connectivity index (χ0v) is 11.9. The summed E-state index contributed by atoms with van der Waals surface area (Å²) in [5.41, 5.74) is 4.75. The number of nitrogens with zero attached hydrogens (tertiary/aromatic N) is 1. The van der Waals surface area contributed by atoms with Crippen molar-refractivity contribution in [3.05, 3.63) is 41.6 Å². The van der Waals surface area contributed by atoms with Crippen LogP contribution in [-0.4, -0.2) is 16.8 Å². The van der Waals surface area contributed by atoms with E-state index in [-0.39, 0.29) is 11.8 Å². The number of hydrogen-bond donors (Lipinski definition) is 2. The van der Waals surface area contributed by atoms with Crippen LogP contribution in [0, 0.1) is 6.92 Å². The van der Waals surface area contributed by atoms with Gasteiger partial charge in [-0.25, -0.2) is 4.98 Å². The highest BCUT2D eigenvalue weighted by molar-refractivity contribution is 5.99. The van der Waals surface area contributed by atoms with Crippen LogP contribution >= 0.6 is 0 Å². The van der Waals surface area contributed by atoms with Crippen molar-refractivity contribution in [1.29, 1.82) is 0 Å². The van der Waals surface area contributed by atoms with Gasteiger partial charge in [-0.15, -0.1) is 0 Å². The van der Waals surface area contributed by atoms with Crippen LogP contribution in [0.3, 0.4) is 0 Å². The van der Waals surface area contributed by atoms with E-state index in [1.807, 2.05) is 31.2 Å². The molecule has 0 unspecified atom stereocenters. The van der Waals surface area contributed by atoms with Crippen LogP contribution in [0.4, 0.5) is 11.5 Å². The molecule has 5 nitrogen and oxygen atoms in total. The Morgan fingerprint density at radius 1 is 1.29 bits per heavy atom. The van der Waals surface area contributed by atoms with Gasteiger partial charge < -0.3 is 10.6 Å². The number of pyridine rings is 1. The smallest absolute Gasteiger partial charge is 0.228 e. The van der Waals surface area contributed by atoms with E-state index in [2.05, 4.69) is 15.6 Å². The molecule has 2 aromatic rings. The topological polar surface area (TPSA) is 71.1 Å². The van der Waals surface area contributed by atoms with Crippen molar-refractivity contribution in [2.24, 2.45) is 0 Å². The van der Waals surface area contributed by atoms with Crippen LogP contribution in [0.25, 0.3) is 11.1 Å². The lowest BCUT2D eigenvalue weighted by Gasteiger charge is -2.09. The summed E-state index contributed by atoms with van der Waals surface area (Å²) in [7, 11) is 0. The van der Waals surface area contributed by atoms with Crippen LogP contribution < -0.4 is 10.6 Å². The van der Waals surface area contributed by atoms with Gasteiger partial charge in [-0.1, -0.05) is 6.07 Å². The number of anilines is 2. The summed E-state index contributed by atoms with van der Waals surface area (Å²) in [6.07, 6.45) is 2.14. The van der Waals surface area contributed by atoms with Crippen LogP contribution in [0.1, 0.15) is 18.1 Å². The van der Waals surface area contributed by atoms with Gasteiger partial charge in [0.1, 0.15) is 5.82 Å². The lowest BCUT2D eigenvalue weighted by atomic mass is 10.0. The first kappa shape index (κ1) is 13.3. The first-order chi connectivity index (χ1) is 10.0. The Kier molecular flexibility index (Phi) is 3.17. The van der Waals surface area contributed by atoms with Crippen molar-refractivity contribution in [2.75, 3.05) is 10.6 Å². The minimum absolute atomic E-state index is 0.0254. The Hall–Kier alpha value is -2.69. The number of aryl methyl sites for hydroxylation is 1. The molecule has 5 heteroatoms. The number of fused-ring (bicyclic) bond motifs is 1. The van der Waals surface area contributed by atoms with Crippen LogP contribution in [0.15, 0.2) is 30.5 Å². The van der Waals surface area contributed by atoms with Crippen LogP contribution in [0.2, 0.25) is 0 Å². The summed E-state index contributed by atoms with van der Waals surface area (Å²) in [4.78, 5) is 26.8. The number of aromatic nitrogens is 1. The second-order valence-electron chi connectivity index (χ2n) is 5.17. The highest BCUT2D eigenvalue weighted by Gasteiger charge is 2.18. The minimum Gasteiger partial charge on any atom is -0.326 e. The zero-order chi connectivity index (χ0) is 15.0. The summed E-state index contributed by atoms with van der Waals surface area (Å²) in [5.74, 6) is 0.460. The number of benzene rings is 1. The summed E-state index contributed by atoms with van der Waals surface area (Å²) in [6, 6.07) is 7.84. The summed E-state index contributed by atoms with van der Waals surface area (Å²) >= 11 is 0. The van der Waals surface area contributed by atoms with Crippen LogP contribution in [0.5, 0.6) is 0 Å². The monoisotopic (exact) mass is 281 g/mol. The Balaban J connectivity index is 1.94. The van der Waals surface area contributed by atoms with E-state index in [0.29, 0.717) is 12.2 Å². The molecular formula is C16H15N3O2. The molecule has 2 N–H and O–H groups in total. The van der Waals surface area contributed by atoms with Crippen molar-refractivity contribution in [3.8, 4) is 11.1 Å². The Morgan fingerprint density at radius 3 is 2.81 bits per heavy atom. The molecule has 0 saturated carbocycles. The van der Waals surface area contributed by atoms with E-state index >= 15 is 0 Å². The van der Waals surface area contributed by atoms with E-state index in [4.69, 9.17) is 0 Å². The minimum atomic E-state index is -0.138. The number of rotatable bonds is 2. The molecule has 0 atom stereocenters. The molecule has 21 heavy (non-hydrogen) atoms. The third-order valence-electron chi connectivity index (χ3n) is 3.44. The van der Waals surface area contributed by atoms with E-state index in [1.54, 1.807) is 6.20 Å². The Labute approximate surface area is 122 Å². The maximum absolute atomic E-state index is 11.4. The van der Waals surface area contributed by atoms with Gasteiger partial charge in [0.15, 0.2) is 0 Å². The molecule has 2 amide bonds. The third kappa shape index (κ3) is 2.63. The molecule has 1 aromatic carbocycles. The van der Waals surface area contributed by atoms with Gasteiger partial charge in [-0.3, -0.25) is 9.59 Å². The summed E-state index contributed by atoms with van der Waals surface area (Å²) in [5, 5.41) is 5.51. The third-order valence-corrected chi connectivity index (χ3v) is 3.44. The average molecular weight is 281 g/mol. The van der Waals surface area contributed by atoms with Crippen molar-refractivity contribution in [1.82, 2.24) is 4.98 Å². The molecule has 0 fully saturated rings. The second kappa shape index (κ2) is 5.01. The van der Waals surface area contributed by atoms with Gasteiger partial charge in [-0.2, -0.15) is 0 Å². The standard InChI is InChI=1S/C16H15N3O2/c1-9-5-13(8-17-16(9)18-10(2)20)11-3-4-14-12(6-11)7-15(21)19-14/h3-6,8H,7H2,1-2H3,(H,19,21)(H,17,18,20). The van der Waals surface area contributed by atoms with Gasteiger partial charge in [0.05, 0.1) is 6.42 Å². The molecule has 1 aromatic heterocycles. The fourth-order valence-electron chi connectivity index (χ4n) is 2.44. The van der Waals surface area contributed by atoms with Crippen molar-refractivity contribution < 1.29 is 9.59 Å². The van der Waals surface area contributed by atoms with Crippen molar-refractivity contribution in [2.45, 2.75) is 20.3 Å². The van der Waals surface area contributed by atoms with E-state index in [1.165, 1.54) is 6.92 Å². The molecular weight excluding hydrogens is 266 g/mol. The van der Waals surface area contributed by atoms with Gasteiger partial charge in [-0.05, 0) is 41.8 Å². The van der Waals surface area contributed by atoms with Gasteiger partial charge >= 0.3 is 0 Å². The molecule has 3 rings (SSSR count). The van der Waals surface area contributed by atoms with Crippen molar-refractivity contribution in [3.63, 3.8) is 0 Å².